The van der Waals surface area contributed by atoms with Gasteiger partial charge in [-0.3, -0.25) is 19.2 Å². The Morgan fingerprint density at radius 3 is 1.81 bits per heavy atom. The summed E-state index contributed by atoms with van der Waals surface area (Å²) < 4.78 is 0. The van der Waals surface area contributed by atoms with E-state index in [1.165, 1.54) is 0 Å². The van der Waals surface area contributed by atoms with Crippen LogP contribution < -0.4 is 0 Å². The summed E-state index contributed by atoms with van der Waals surface area (Å²) in [7, 11) is 0. The largest absolute Gasteiger partial charge is 0.481 e. The molecule has 0 saturated heterocycles. The van der Waals surface area contributed by atoms with Crippen LogP contribution in [0.5, 0.6) is 0 Å². The van der Waals surface area contributed by atoms with Crippen LogP contribution in [0.1, 0.15) is 38.5 Å². The van der Waals surface area contributed by atoms with E-state index in [2.05, 4.69) is 0 Å². The van der Waals surface area contributed by atoms with Crippen molar-refractivity contribution in [3.63, 3.8) is 0 Å². The molecule has 4 bridgehead atoms. The van der Waals surface area contributed by atoms with Gasteiger partial charge in [-0.2, -0.15) is 0 Å². The van der Waals surface area contributed by atoms with E-state index in [-0.39, 0.29) is 19.3 Å². The molecule has 7 aliphatic carbocycles. The van der Waals surface area contributed by atoms with Crippen molar-refractivity contribution in [2.45, 2.75) is 38.5 Å². The maximum atomic E-state index is 12.6. The molecule has 4 fully saturated rings. The highest BCUT2D eigenvalue weighted by atomic mass is 16.4. The Kier molecular flexibility index (Phi) is 2.42. The molecule has 0 aromatic heterocycles. The summed E-state index contributed by atoms with van der Waals surface area (Å²) in [5.41, 5.74) is -4.71. The first-order valence-electron chi connectivity index (χ1n) is 8.82. The molecule has 8 nitrogen and oxygen atoms in total. The SMILES string of the molecule is O=C(O)[C@@H]1[C@H](C(=O)O)[C@@]23C[C@@]2(C(=O)O)[C@]2(C(=O)O)CCC3=C3CCC[C@@]312. The summed E-state index contributed by atoms with van der Waals surface area (Å²) in [6, 6.07) is 0. The summed E-state index contributed by atoms with van der Waals surface area (Å²) >= 11 is 0. The Hall–Kier alpha value is -2.38. The van der Waals surface area contributed by atoms with Gasteiger partial charge < -0.3 is 20.4 Å². The normalized spacial score (nSPS) is 49.5. The topological polar surface area (TPSA) is 149 Å². The van der Waals surface area contributed by atoms with Crippen LogP contribution in [0, 0.1) is 33.5 Å². The van der Waals surface area contributed by atoms with Gasteiger partial charge >= 0.3 is 23.9 Å². The molecule has 0 aromatic rings. The third-order valence-electron chi connectivity index (χ3n) is 8.52. The van der Waals surface area contributed by atoms with Gasteiger partial charge in [0.1, 0.15) is 0 Å². The Morgan fingerprint density at radius 2 is 1.27 bits per heavy atom. The predicted molar refractivity (Wildman–Crippen MR) is 82.0 cm³/mol. The minimum atomic E-state index is -1.74. The molecule has 8 heteroatoms. The molecule has 0 heterocycles. The maximum absolute atomic E-state index is 12.6. The van der Waals surface area contributed by atoms with Crippen LogP contribution in [0.2, 0.25) is 0 Å². The summed E-state index contributed by atoms with van der Waals surface area (Å²) in [4.78, 5) is 49.4. The lowest BCUT2D eigenvalue weighted by Crippen LogP contribution is -2.73. The third kappa shape index (κ3) is 1.05. The molecule has 0 aromatic carbocycles. The van der Waals surface area contributed by atoms with Gasteiger partial charge in [0.2, 0.25) is 0 Å². The molecule has 6 atom stereocenters. The van der Waals surface area contributed by atoms with E-state index in [4.69, 9.17) is 0 Å². The highest BCUT2D eigenvalue weighted by molar-refractivity contribution is 6.00. The average Bonchev–Trinajstić information content (AvgIpc) is 3.10. The second kappa shape index (κ2) is 3.97. The van der Waals surface area contributed by atoms with Crippen LogP contribution >= 0.6 is 0 Å². The minimum absolute atomic E-state index is 0.0747. The zero-order chi connectivity index (χ0) is 18.9. The number of hydrogen-bond acceptors (Lipinski definition) is 4. The fourth-order valence-electron chi connectivity index (χ4n) is 8.23. The molecule has 26 heavy (non-hydrogen) atoms. The zero-order valence-electron chi connectivity index (χ0n) is 13.8. The van der Waals surface area contributed by atoms with Crippen molar-refractivity contribution in [2.24, 2.45) is 33.5 Å². The van der Waals surface area contributed by atoms with Crippen LogP contribution in [0.4, 0.5) is 0 Å². The standard InChI is InChI=1S/C18H18O8/c19-11(20)9-10(12(21)22)16-6-18(16,14(25)26)17(13(23)24)5-3-8(16)7-2-1-4-15(7,9)17/h9-10H,1-6H2,(H,19,20)(H,21,22)(H,23,24)(H,25,26)/t9-,10+,15+,16-,17-,18-/m0/s1. The minimum Gasteiger partial charge on any atom is -0.481 e. The van der Waals surface area contributed by atoms with Gasteiger partial charge in [0.05, 0.1) is 22.7 Å². The van der Waals surface area contributed by atoms with Crippen molar-refractivity contribution >= 4 is 23.9 Å². The number of carbonyl (C=O) groups is 4. The van der Waals surface area contributed by atoms with E-state index in [0.29, 0.717) is 19.3 Å². The smallest absolute Gasteiger partial charge is 0.311 e. The van der Waals surface area contributed by atoms with Crippen molar-refractivity contribution in [3.05, 3.63) is 11.1 Å². The van der Waals surface area contributed by atoms with Crippen LogP contribution in [-0.4, -0.2) is 44.3 Å². The molecule has 0 aliphatic heterocycles. The Bertz CT molecular complexity index is 872. The summed E-state index contributed by atoms with van der Waals surface area (Å²) in [5.74, 6) is -8.02. The fourth-order valence-corrected chi connectivity index (χ4v) is 8.23. The number of rotatable bonds is 4. The van der Waals surface area contributed by atoms with E-state index in [9.17, 15) is 39.6 Å². The number of aliphatic carboxylic acids is 4. The number of fused-ring (bicyclic) bond motifs is 2. The van der Waals surface area contributed by atoms with Gasteiger partial charge in [-0.15, -0.1) is 0 Å². The van der Waals surface area contributed by atoms with Crippen molar-refractivity contribution in [3.8, 4) is 0 Å². The van der Waals surface area contributed by atoms with Crippen LogP contribution in [0.3, 0.4) is 0 Å². The summed E-state index contributed by atoms with van der Waals surface area (Å²) in [6.45, 7) is 0. The predicted octanol–water partition coefficient (Wildman–Crippen LogP) is 1.21. The lowest BCUT2D eigenvalue weighted by Gasteiger charge is -2.67. The number of allylic oxidation sites excluding steroid dienone is 2. The van der Waals surface area contributed by atoms with Crippen molar-refractivity contribution in [1.29, 1.82) is 0 Å². The quantitative estimate of drug-likeness (QED) is 0.545. The van der Waals surface area contributed by atoms with Gasteiger partial charge in [0.25, 0.3) is 0 Å². The van der Waals surface area contributed by atoms with E-state index in [1.54, 1.807) is 0 Å². The van der Waals surface area contributed by atoms with E-state index < -0.39 is 57.4 Å². The molecular weight excluding hydrogens is 344 g/mol. The lowest BCUT2D eigenvalue weighted by atomic mass is 9.32. The highest BCUT2D eigenvalue weighted by Crippen LogP contribution is 2.95. The molecule has 7 aliphatic rings. The molecule has 0 unspecified atom stereocenters. The van der Waals surface area contributed by atoms with Gasteiger partial charge in [-0.1, -0.05) is 11.1 Å². The number of hydrogen-bond donors (Lipinski definition) is 4. The molecule has 0 radical (unpaired) electrons. The first-order chi connectivity index (χ1) is 12.2. The van der Waals surface area contributed by atoms with Gasteiger partial charge in [-0.05, 0) is 38.5 Å². The second-order valence-electron chi connectivity index (χ2n) is 8.48. The molecule has 0 amide bonds. The maximum Gasteiger partial charge on any atom is 0.311 e. The van der Waals surface area contributed by atoms with Crippen molar-refractivity contribution in [1.82, 2.24) is 0 Å². The van der Waals surface area contributed by atoms with Crippen LogP contribution in [0.15, 0.2) is 11.1 Å². The van der Waals surface area contributed by atoms with Crippen molar-refractivity contribution in [2.75, 3.05) is 0 Å². The Labute approximate surface area is 147 Å². The average molecular weight is 362 g/mol. The number of carboxylic acid groups (broad SMARTS) is 4. The fraction of sp³-hybridized carbons (Fsp3) is 0.667. The Morgan fingerprint density at radius 1 is 0.731 bits per heavy atom. The molecule has 7 rings (SSSR count). The molecule has 2 spiro atoms. The summed E-state index contributed by atoms with van der Waals surface area (Å²) in [6.07, 6.45) is 1.68. The molecule has 4 saturated carbocycles. The van der Waals surface area contributed by atoms with Crippen molar-refractivity contribution < 1.29 is 39.6 Å². The molecular formula is C18H18O8. The molecule has 4 N–H and O–H groups in total. The van der Waals surface area contributed by atoms with E-state index >= 15 is 0 Å². The Balaban J connectivity index is 1.97. The number of carboxylic acids is 4. The second-order valence-corrected chi connectivity index (χ2v) is 8.48. The van der Waals surface area contributed by atoms with Gasteiger partial charge in [0, 0.05) is 10.8 Å². The van der Waals surface area contributed by atoms with E-state index in [1.807, 2.05) is 0 Å². The monoisotopic (exact) mass is 362 g/mol. The van der Waals surface area contributed by atoms with Crippen LogP contribution in [-0.2, 0) is 19.2 Å². The van der Waals surface area contributed by atoms with Gasteiger partial charge in [0.15, 0.2) is 0 Å². The first-order valence-corrected chi connectivity index (χ1v) is 8.82. The van der Waals surface area contributed by atoms with Gasteiger partial charge in [-0.25, -0.2) is 0 Å². The first kappa shape index (κ1) is 15.8. The zero-order valence-corrected chi connectivity index (χ0v) is 13.8. The molecule has 138 valence electrons. The third-order valence-corrected chi connectivity index (χ3v) is 8.52. The summed E-state index contributed by atoms with van der Waals surface area (Å²) in [5, 5.41) is 40.3. The highest BCUT2D eigenvalue weighted by Gasteiger charge is 2.99. The lowest BCUT2D eigenvalue weighted by molar-refractivity contribution is -0.220. The van der Waals surface area contributed by atoms with Crippen LogP contribution in [0.25, 0.3) is 0 Å². The van der Waals surface area contributed by atoms with E-state index in [0.717, 1.165) is 11.1 Å².